The van der Waals surface area contributed by atoms with Gasteiger partial charge in [0.15, 0.2) is 0 Å². The third-order valence-corrected chi connectivity index (χ3v) is 3.40. The van der Waals surface area contributed by atoms with E-state index in [1.165, 1.54) is 0 Å². The maximum Gasteiger partial charge on any atom is 0.276 e. The Morgan fingerprint density at radius 2 is 2.06 bits per heavy atom. The highest BCUT2D eigenvalue weighted by Gasteiger charge is 2.10. The lowest BCUT2D eigenvalue weighted by molar-refractivity contribution is 0.231. The largest absolute Gasteiger partial charge is 0.314 e. The second-order valence-corrected chi connectivity index (χ2v) is 4.55. The number of aromatic nitrogens is 3. The third-order valence-electron chi connectivity index (χ3n) is 3.40. The summed E-state index contributed by atoms with van der Waals surface area (Å²) in [6, 6.07) is 1.75. The van der Waals surface area contributed by atoms with E-state index < -0.39 is 0 Å². The molecule has 6 nitrogen and oxygen atoms in total. The van der Waals surface area contributed by atoms with Crippen LogP contribution in [0.25, 0.3) is 5.52 Å². The molecule has 1 fully saturated rings. The average Bonchev–Trinajstić information content (AvgIpc) is 2.88. The van der Waals surface area contributed by atoms with Crippen molar-refractivity contribution in [2.45, 2.75) is 6.54 Å². The molecule has 1 saturated heterocycles. The quantitative estimate of drug-likeness (QED) is 0.787. The molecule has 0 bridgehead atoms. The van der Waals surface area contributed by atoms with E-state index in [1.54, 1.807) is 21.3 Å². The zero-order valence-electron chi connectivity index (χ0n) is 10.2. The summed E-state index contributed by atoms with van der Waals surface area (Å²) in [4.78, 5) is 14.5. The maximum atomic E-state index is 12.1. The van der Waals surface area contributed by atoms with Crippen LogP contribution in [0.3, 0.4) is 0 Å². The fraction of sp³-hybridized carbons (Fsp3) is 0.500. The van der Waals surface area contributed by atoms with Gasteiger partial charge in [0.05, 0.1) is 6.20 Å². The summed E-state index contributed by atoms with van der Waals surface area (Å²) in [6.07, 6.45) is 5.29. The van der Waals surface area contributed by atoms with Crippen LogP contribution in [-0.4, -0.2) is 51.8 Å². The molecule has 18 heavy (non-hydrogen) atoms. The van der Waals surface area contributed by atoms with Gasteiger partial charge in [-0.25, -0.2) is 4.52 Å². The molecule has 2 aromatic rings. The minimum atomic E-state index is 0.0325. The van der Waals surface area contributed by atoms with E-state index in [0.29, 0.717) is 5.52 Å². The Balaban J connectivity index is 1.74. The molecule has 1 aliphatic rings. The van der Waals surface area contributed by atoms with E-state index >= 15 is 0 Å². The average molecular weight is 247 g/mol. The van der Waals surface area contributed by atoms with Crippen LogP contribution >= 0.6 is 0 Å². The molecule has 0 unspecified atom stereocenters. The fourth-order valence-corrected chi connectivity index (χ4v) is 2.32. The lowest BCUT2D eigenvalue weighted by Crippen LogP contribution is -2.45. The number of fused-ring (bicyclic) bond motifs is 1. The fourth-order valence-electron chi connectivity index (χ4n) is 2.32. The first kappa shape index (κ1) is 11.4. The Kier molecular flexibility index (Phi) is 3.12. The molecule has 3 heterocycles. The van der Waals surface area contributed by atoms with Gasteiger partial charge in [0.1, 0.15) is 5.52 Å². The van der Waals surface area contributed by atoms with Gasteiger partial charge >= 0.3 is 0 Å². The molecule has 0 spiro atoms. The van der Waals surface area contributed by atoms with Crippen molar-refractivity contribution in [3.05, 3.63) is 35.0 Å². The van der Waals surface area contributed by atoms with E-state index in [1.807, 2.05) is 12.4 Å². The van der Waals surface area contributed by atoms with Crippen LogP contribution in [0.5, 0.6) is 0 Å². The van der Waals surface area contributed by atoms with Crippen molar-refractivity contribution in [1.82, 2.24) is 24.4 Å². The molecule has 1 N–H and O–H groups in total. The Labute approximate surface area is 105 Å². The molecule has 0 saturated carbocycles. The lowest BCUT2D eigenvalue weighted by Gasteiger charge is -2.27. The van der Waals surface area contributed by atoms with Crippen molar-refractivity contribution in [3.63, 3.8) is 0 Å². The minimum Gasteiger partial charge on any atom is -0.314 e. The van der Waals surface area contributed by atoms with Gasteiger partial charge in [0.25, 0.3) is 5.56 Å². The van der Waals surface area contributed by atoms with Crippen molar-refractivity contribution in [2.75, 3.05) is 32.7 Å². The number of nitrogens with one attached hydrogen (secondary N) is 1. The molecule has 1 aliphatic heterocycles. The normalized spacial score (nSPS) is 17.3. The second-order valence-electron chi connectivity index (χ2n) is 4.55. The van der Waals surface area contributed by atoms with Crippen LogP contribution in [0, 0.1) is 0 Å². The van der Waals surface area contributed by atoms with Gasteiger partial charge in [-0.1, -0.05) is 0 Å². The molecule has 2 aromatic heterocycles. The van der Waals surface area contributed by atoms with Crippen LogP contribution in [0.2, 0.25) is 0 Å². The van der Waals surface area contributed by atoms with Crippen molar-refractivity contribution >= 4 is 5.52 Å². The van der Waals surface area contributed by atoms with E-state index in [-0.39, 0.29) is 5.56 Å². The van der Waals surface area contributed by atoms with Crippen molar-refractivity contribution in [3.8, 4) is 0 Å². The predicted octanol–water partition coefficient (Wildman–Crippen LogP) is -0.599. The molecule has 0 amide bonds. The van der Waals surface area contributed by atoms with Crippen molar-refractivity contribution < 1.29 is 0 Å². The number of hydrogen-bond donors (Lipinski definition) is 1. The highest BCUT2D eigenvalue weighted by atomic mass is 16.1. The third kappa shape index (κ3) is 2.16. The summed E-state index contributed by atoms with van der Waals surface area (Å²) in [5, 5.41) is 7.38. The zero-order chi connectivity index (χ0) is 12.4. The predicted molar refractivity (Wildman–Crippen MR) is 68.8 cm³/mol. The first-order valence-electron chi connectivity index (χ1n) is 6.30. The van der Waals surface area contributed by atoms with Gasteiger partial charge < -0.3 is 9.88 Å². The molecule has 6 heteroatoms. The van der Waals surface area contributed by atoms with Gasteiger partial charge in [0.2, 0.25) is 0 Å². The van der Waals surface area contributed by atoms with E-state index in [4.69, 9.17) is 0 Å². The van der Waals surface area contributed by atoms with Crippen LogP contribution in [0.15, 0.2) is 29.5 Å². The van der Waals surface area contributed by atoms with Gasteiger partial charge in [-0.3, -0.25) is 9.69 Å². The summed E-state index contributed by atoms with van der Waals surface area (Å²) in [5.74, 6) is 0. The zero-order valence-corrected chi connectivity index (χ0v) is 10.2. The molecule has 96 valence electrons. The van der Waals surface area contributed by atoms with Gasteiger partial charge in [-0.15, -0.1) is 0 Å². The molecule has 0 radical (unpaired) electrons. The summed E-state index contributed by atoms with van der Waals surface area (Å²) < 4.78 is 3.38. The summed E-state index contributed by atoms with van der Waals surface area (Å²) in [7, 11) is 0. The number of piperazine rings is 1. The number of rotatable bonds is 3. The highest BCUT2D eigenvalue weighted by Crippen LogP contribution is 1.96. The first-order chi connectivity index (χ1) is 8.84. The monoisotopic (exact) mass is 247 g/mol. The second kappa shape index (κ2) is 4.91. The van der Waals surface area contributed by atoms with Gasteiger partial charge in [-0.05, 0) is 6.07 Å². The molecule has 0 aliphatic carbocycles. The van der Waals surface area contributed by atoms with Crippen molar-refractivity contribution in [1.29, 1.82) is 0 Å². The van der Waals surface area contributed by atoms with Crippen LogP contribution in [0.1, 0.15) is 0 Å². The standard InChI is InChI=1S/C12H17N5O/c18-12-11-1-2-14-17(11)10-9-16(12)8-7-15-5-3-13-4-6-15/h1-2,9-10,13H,3-8H2. The lowest BCUT2D eigenvalue weighted by atomic mass is 10.3. The molecule has 0 atom stereocenters. The minimum absolute atomic E-state index is 0.0325. The smallest absolute Gasteiger partial charge is 0.276 e. The Bertz CT molecular complexity index is 581. The van der Waals surface area contributed by atoms with Gasteiger partial charge in [0, 0.05) is 51.7 Å². The summed E-state index contributed by atoms with van der Waals surface area (Å²) in [6.45, 7) is 5.85. The SMILES string of the molecule is O=c1c2ccnn2ccn1CCN1CCNCC1. The summed E-state index contributed by atoms with van der Waals surface area (Å²) >= 11 is 0. The van der Waals surface area contributed by atoms with E-state index in [2.05, 4.69) is 15.3 Å². The van der Waals surface area contributed by atoms with Crippen molar-refractivity contribution in [2.24, 2.45) is 0 Å². The van der Waals surface area contributed by atoms with E-state index in [0.717, 1.165) is 39.3 Å². The number of nitrogens with zero attached hydrogens (tertiary/aromatic N) is 4. The molecular weight excluding hydrogens is 230 g/mol. The molecule has 0 aromatic carbocycles. The Morgan fingerprint density at radius 3 is 2.89 bits per heavy atom. The van der Waals surface area contributed by atoms with Crippen LogP contribution in [0.4, 0.5) is 0 Å². The molecule has 3 rings (SSSR count). The highest BCUT2D eigenvalue weighted by molar-refractivity contribution is 5.42. The summed E-state index contributed by atoms with van der Waals surface area (Å²) in [5.41, 5.74) is 0.669. The van der Waals surface area contributed by atoms with E-state index in [9.17, 15) is 4.79 Å². The molecular formula is C12H17N5O. The first-order valence-corrected chi connectivity index (χ1v) is 6.30. The van der Waals surface area contributed by atoms with Gasteiger partial charge in [-0.2, -0.15) is 5.10 Å². The Morgan fingerprint density at radius 1 is 1.22 bits per heavy atom. The topological polar surface area (TPSA) is 54.6 Å². The van der Waals surface area contributed by atoms with Crippen LogP contribution in [-0.2, 0) is 6.54 Å². The van der Waals surface area contributed by atoms with Crippen LogP contribution < -0.4 is 10.9 Å². The Hall–Kier alpha value is -1.66. The number of hydrogen-bond acceptors (Lipinski definition) is 4. The maximum absolute atomic E-state index is 12.1.